The van der Waals surface area contributed by atoms with Crippen molar-refractivity contribution >= 4 is 0 Å². The Balaban J connectivity index is 2.42. The van der Waals surface area contributed by atoms with Crippen LogP contribution in [0.1, 0.15) is 32.4 Å². The lowest BCUT2D eigenvalue weighted by Gasteiger charge is -2.18. The molecule has 0 aliphatic carbocycles. The average Bonchev–Trinajstić information content (AvgIpc) is 2.63. The van der Waals surface area contributed by atoms with Crippen molar-refractivity contribution in [2.75, 3.05) is 13.6 Å². The second-order valence-corrected chi connectivity index (χ2v) is 4.45. The first-order valence-corrected chi connectivity index (χ1v) is 5.99. The molecule has 0 fully saturated rings. The van der Waals surface area contributed by atoms with Gasteiger partial charge in [-0.05, 0) is 26.8 Å². The average molecular weight is 225 g/mol. The quantitative estimate of drug-likeness (QED) is 0.764. The summed E-state index contributed by atoms with van der Waals surface area (Å²) in [5.74, 6) is 0. The first-order valence-electron chi connectivity index (χ1n) is 5.99. The lowest BCUT2D eigenvalue weighted by Crippen LogP contribution is -2.23. The largest absolute Gasteiger partial charge is 0.393 e. The van der Waals surface area contributed by atoms with Crippen LogP contribution in [0.5, 0.6) is 0 Å². The molecule has 1 rings (SSSR count). The summed E-state index contributed by atoms with van der Waals surface area (Å²) in [7, 11) is 2.08. The zero-order valence-electron chi connectivity index (χ0n) is 10.6. The minimum atomic E-state index is -0.219. The second kappa shape index (κ2) is 6.66. The fourth-order valence-electron chi connectivity index (χ4n) is 1.68. The topological polar surface area (TPSA) is 41.3 Å². The van der Waals surface area contributed by atoms with E-state index in [2.05, 4.69) is 28.4 Å². The Morgan fingerprint density at radius 1 is 1.56 bits per heavy atom. The first-order chi connectivity index (χ1) is 7.63. The molecule has 0 saturated heterocycles. The van der Waals surface area contributed by atoms with Crippen LogP contribution in [0.4, 0.5) is 0 Å². The van der Waals surface area contributed by atoms with E-state index in [-0.39, 0.29) is 6.10 Å². The van der Waals surface area contributed by atoms with Crippen molar-refractivity contribution in [3.63, 3.8) is 0 Å². The van der Waals surface area contributed by atoms with Crippen molar-refractivity contribution in [1.82, 2.24) is 14.5 Å². The van der Waals surface area contributed by atoms with E-state index in [0.29, 0.717) is 0 Å². The lowest BCUT2D eigenvalue weighted by molar-refractivity contribution is 0.162. The van der Waals surface area contributed by atoms with E-state index >= 15 is 0 Å². The highest BCUT2D eigenvalue weighted by atomic mass is 16.3. The molecule has 1 N–H and O–H groups in total. The molecule has 1 heterocycles. The zero-order chi connectivity index (χ0) is 12.0. The summed E-state index contributed by atoms with van der Waals surface area (Å²) in [5, 5.41) is 9.22. The Morgan fingerprint density at radius 2 is 2.31 bits per heavy atom. The number of rotatable bonds is 7. The minimum absolute atomic E-state index is 0.219. The molecular formula is C12H23N3O. The summed E-state index contributed by atoms with van der Waals surface area (Å²) in [4.78, 5) is 6.39. The smallest absolute Gasteiger partial charge is 0.0948 e. The highest BCUT2D eigenvalue weighted by Gasteiger charge is 2.06. The van der Waals surface area contributed by atoms with E-state index in [4.69, 9.17) is 0 Å². The molecule has 4 heteroatoms. The van der Waals surface area contributed by atoms with Gasteiger partial charge in [-0.1, -0.05) is 6.92 Å². The van der Waals surface area contributed by atoms with E-state index in [0.717, 1.165) is 32.5 Å². The number of hydrogen-bond donors (Lipinski definition) is 1. The van der Waals surface area contributed by atoms with Gasteiger partial charge in [0.05, 0.1) is 18.1 Å². The molecule has 1 aromatic rings. The van der Waals surface area contributed by atoms with Crippen molar-refractivity contribution in [2.45, 2.75) is 45.9 Å². The molecule has 1 unspecified atom stereocenters. The van der Waals surface area contributed by atoms with E-state index < -0.39 is 0 Å². The third-order valence-corrected chi connectivity index (χ3v) is 2.62. The van der Waals surface area contributed by atoms with E-state index in [1.165, 1.54) is 5.69 Å². The fourth-order valence-corrected chi connectivity index (χ4v) is 1.68. The van der Waals surface area contributed by atoms with Crippen molar-refractivity contribution in [2.24, 2.45) is 0 Å². The summed E-state index contributed by atoms with van der Waals surface area (Å²) in [5.41, 5.74) is 1.25. The van der Waals surface area contributed by atoms with Gasteiger partial charge in [-0.15, -0.1) is 0 Å². The third kappa shape index (κ3) is 4.33. The molecule has 4 nitrogen and oxygen atoms in total. The number of imidazole rings is 1. The van der Waals surface area contributed by atoms with Gasteiger partial charge in [0.15, 0.2) is 0 Å². The van der Waals surface area contributed by atoms with Crippen LogP contribution < -0.4 is 0 Å². The van der Waals surface area contributed by atoms with Crippen LogP contribution in [-0.2, 0) is 13.1 Å². The number of aryl methyl sites for hydroxylation is 1. The molecular weight excluding hydrogens is 202 g/mol. The Morgan fingerprint density at radius 3 is 2.94 bits per heavy atom. The molecule has 92 valence electrons. The molecule has 0 radical (unpaired) electrons. The minimum Gasteiger partial charge on any atom is -0.393 e. The van der Waals surface area contributed by atoms with Crippen molar-refractivity contribution in [3.8, 4) is 0 Å². The maximum absolute atomic E-state index is 9.22. The number of aliphatic hydroxyl groups is 1. The molecule has 0 aromatic carbocycles. The molecule has 0 spiro atoms. The molecule has 1 atom stereocenters. The van der Waals surface area contributed by atoms with Crippen LogP contribution in [-0.4, -0.2) is 39.3 Å². The van der Waals surface area contributed by atoms with Gasteiger partial charge in [0.1, 0.15) is 0 Å². The Bertz CT molecular complexity index is 296. The second-order valence-electron chi connectivity index (χ2n) is 4.45. The molecule has 1 aromatic heterocycles. The standard InChI is InChI=1S/C12H23N3O/c1-4-6-15-10-13-8-12(15)9-14(3)7-5-11(2)16/h8,10-11,16H,4-7,9H2,1-3H3. The monoisotopic (exact) mass is 225 g/mol. The molecule has 0 saturated carbocycles. The predicted octanol–water partition coefficient (Wildman–Crippen LogP) is 1.50. The Labute approximate surface area is 97.9 Å². The maximum atomic E-state index is 9.22. The van der Waals surface area contributed by atoms with Gasteiger partial charge in [0, 0.05) is 25.8 Å². The van der Waals surface area contributed by atoms with Gasteiger partial charge in [-0.2, -0.15) is 0 Å². The molecule has 16 heavy (non-hydrogen) atoms. The van der Waals surface area contributed by atoms with Crippen LogP contribution in [0, 0.1) is 0 Å². The molecule has 0 bridgehead atoms. The summed E-state index contributed by atoms with van der Waals surface area (Å²) >= 11 is 0. The highest BCUT2D eigenvalue weighted by molar-refractivity contribution is 4.97. The summed E-state index contributed by atoms with van der Waals surface area (Å²) in [6.45, 7) is 6.83. The summed E-state index contributed by atoms with van der Waals surface area (Å²) < 4.78 is 2.19. The Hall–Kier alpha value is -0.870. The molecule has 0 aliphatic heterocycles. The van der Waals surface area contributed by atoms with Crippen molar-refractivity contribution in [3.05, 3.63) is 18.2 Å². The third-order valence-electron chi connectivity index (χ3n) is 2.62. The number of hydrogen-bond acceptors (Lipinski definition) is 3. The van der Waals surface area contributed by atoms with Crippen molar-refractivity contribution in [1.29, 1.82) is 0 Å². The van der Waals surface area contributed by atoms with Gasteiger partial charge in [0.2, 0.25) is 0 Å². The highest BCUT2D eigenvalue weighted by Crippen LogP contribution is 2.05. The molecule has 0 aliphatic rings. The van der Waals surface area contributed by atoms with Gasteiger partial charge in [-0.25, -0.2) is 4.98 Å². The predicted molar refractivity (Wildman–Crippen MR) is 65.1 cm³/mol. The lowest BCUT2D eigenvalue weighted by atomic mass is 10.2. The first kappa shape index (κ1) is 13.2. The fraction of sp³-hybridized carbons (Fsp3) is 0.750. The Kier molecular flexibility index (Phi) is 5.49. The summed E-state index contributed by atoms with van der Waals surface area (Å²) in [6, 6.07) is 0. The normalized spacial score (nSPS) is 13.3. The van der Waals surface area contributed by atoms with Crippen LogP contribution in [0.3, 0.4) is 0 Å². The SMILES string of the molecule is CCCn1cncc1CN(C)CCC(C)O. The zero-order valence-corrected chi connectivity index (χ0v) is 10.6. The van der Waals surface area contributed by atoms with Crippen molar-refractivity contribution < 1.29 is 5.11 Å². The van der Waals surface area contributed by atoms with Gasteiger partial charge in [0.25, 0.3) is 0 Å². The van der Waals surface area contributed by atoms with E-state index in [1.807, 2.05) is 19.4 Å². The number of aromatic nitrogens is 2. The number of nitrogens with zero attached hydrogens (tertiary/aromatic N) is 3. The van der Waals surface area contributed by atoms with Crippen LogP contribution in [0.15, 0.2) is 12.5 Å². The van der Waals surface area contributed by atoms with Gasteiger partial charge in [-0.3, -0.25) is 0 Å². The van der Waals surface area contributed by atoms with Gasteiger partial charge < -0.3 is 14.6 Å². The number of aliphatic hydroxyl groups excluding tert-OH is 1. The van der Waals surface area contributed by atoms with Crippen LogP contribution >= 0.6 is 0 Å². The maximum Gasteiger partial charge on any atom is 0.0948 e. The molecule has 0 amide bonds. The van der Waals surface area contributed by atoms with E-state index in [1.54, 1.807) is 0 Å². The van der Waals surface area contributed by atoms with Gasteiger partial charge >= 0.3 is 0 Å². The van der Waals surface area contributed by atoms with Crippen LogP contribution in [0.25, 0.3) is 0 Å². The van der Waals surface area contributed by atoms with E-state index in [9.17, 15) is 5.11 Å². The summed E-state index contributed by atoms with van der Waals surface area (Å²) in [6.07, 6.45) is 5.54. The van der Waals surface area contributed by atoms with Crippen LogP contribution in [0.2, 0.25) is 0 Å².